The number of ether oxygens (including phenoxy) is 1. The van der Waals surface area contributed by atoms with Crippen LogP contribution in [-0.2, 0) is 9.53 Å². The van der Waals surface area contributed by atoms with Crippen LogP contribution in [0, 0.1) is 5.92 Å². The maximum Gasteiger partial charge on any atom is 0.393 e. The van der Waals surface area contributed by atoms with Crippen LogP contribution in [0.2, 0.25) is 0 Å². The summed E-state index contributed by atoms with van der Waals surface area (Å²) in [6.45, 7) is 2.33. The first kappa shape index (κ1) is 17.2. The summed E-state index contributed by atoms with van der Waals surface area (Å²) < 4.78 is 43.6. The summed E-state index contributed by atoms with van der Waals surface area (Å²) in [4.78, 5) is 11.7. The Morgan fingerprint density at radius 1 is 1.35 bits per heavy atom. The van der Waals surface area contributed by atoms with Crippen LogP contribution in [0.5, 0.6) is 0 Å². The number of amides is 1. The average molecular weight is 296 g/mol. The van der Waals surface area contributed by atoms with E-state index in [0.717, 1.165) is 6.42 Å². The van der Waals surface area contributed by atoms with E-state index < -0.39 is 24.2 Å². The zero-order chi connectivity index (χ0) is 15.2. The molecule has 0 aromatic rings. The highest BCUT2D eigenvalue weighted by Gasteiger charge is 2.45. The molecular formula is C13H23F3N2O2. The van der Waals surface area contributed by atoms with Crippen molar-refractivity contribution in [3.8, 4) is 0 Å². The second-order valence-corrected chi connectivity index (χ2v) is 5.21. The number of hydrogen-bond acceptors (Lipinski definition) is 3. The van der Waals surface area contributed by atoms with Crippen molar-refractivity contribution in [3.05, 3.63) is 0 Å². The van der Waals surface area contributed by atoms with Crippen molar-refractivity contribution in [3.63, 3.8) is 0 Å². The predicted molar refractivity (Wildman–Crippen MR) is 69.3 cm³/mol. The first-order chi connectivity index (χ1) is 9.36. The van der Waals surface area contributed by atoms with Gasteiger partial charge in [0, 0.05) is 19.7 Å². The maximum atomic E-state index is 12.9. The van der Waals surface area contributed by atoms with Crippen molar-refractivity contribution in [2.45, 2.75) is 50.9 Å². The molecule has 0 saturated heterocycles. The van der Waals surface area contributed by atoms with Crippen LogP contribution in [0.15, 0.2) is 0 Å². The lowest BCUT2D eigenvalue weighted by Gasteiger charge is -2.35. The zero-order valence-corrected chi connectivity index (χ0v) is 11.9. The van der Waals surface area contributed by atoms with E-state index in [1.54, 1.807) is 6.92 Å². The highest BCUT2D eigenvalue weighted by molar-refractivity contribution is 5.81. The van der Waals surface area contributed by atoms with Crippen molar-refractivity contribution >= 4 is 5.91 Å². The molecule has 0 bridgehead atoms. The largest absolute Gasteiger partial charge is 0.393 e. The predicted octanol–water partition coefficient (Wildman–Crippen LogP) is 1.85. The van der Waals surface area contributed by atoms with Gasteiger partial charge in [-0.1, -0.05) is 12.8 Å². The van der Waals surface area contributed by atoms with Crippen LogP contribution >= 0.6 is 0 Å². The van der Waals surface area contributed by atoms with Crippen molar-refractivity contribution in [2.24, 2.45) is 5.92 Å². The highest BCUT2D eigenvalue weighted by atomic mass is 19.4. The van der Waals surface area contributed by atoms with Gasteiger partial charge in [-0.25, -0.2) is 0 Å². The van der Waals surface area contributed by atoms with Crippen molar-refractivity contribution in [2.75, 3.05) is 20.3 Å². The number of carbonyl (C=O) groups excluding carboxylic acids is 1. The zero-order valence-electron chi connectivity index (χ0n) is 11.9. The monoisotopic (exact) mass is 296 g/mol. The van der Waals surface area contributed by atoms with Crippen LogP contribution < -0.4 is 10.6 Å². The van der Waals surface area contributed by atoms with Crippen LogP contribution in [0.4, 0.5) is 13.2 Å². The fourth-order valence-corrected chi connectivity index (χ4v) is 2.55. The Bertz CT molecular complexity index is 310. The number of carbonyl (C=O) groups is 1. The highest BCUT2D eigenvalue weighted by Crippen LogP contribution is 2.37. The SMILES string of the molecule is COCCNC(=O)C(C)NC1CCCCC1C(F)(F)F. The van der Waals surface area contributed by atoms with Gasteiger partial charge in [-0.05, 0) is 19.8 Å². The summed E-state index contributed by atoms with van der Waals surface area (Å²) in [7, 11) is 1.52. The Kier molecular flexibility index (Phi) is 6.75. The first-order valence-corrected chi connectivity index (χ1v) is 6.95. The second-order valence-electron chi connectivity index (χ2n) is 5.21. The van der Waals surface area contributed by atoms with Crippen LogP contribution in [0.1, 0.15) is 32.6 Å². The maximum absolute atomic E-state index is 12.9. The normalized spacial score (nSPS) is 25.2. The van der Waals surface area contributed by atoms with Gasteiger partial charge in [-0.15, -0.1) is 0 Å². The molecule has 1 aliphatic rings. The van der Waals surface area contributed by atoms with E-state index in [9.17, 15) is 18.0 Å². The number of alkyl halides is 3. The molecule has 1 saturated carbocycles. The fourth-order valence-electron chi connectivity index (χ4n) is 2.55. The van der Waals surface area contributed by atoms with E-state index in [1.807, 2.05) is 0 Å². The van der Waals surface area contributed by atoms with Gasteiger partial charge in [0.1, 0.15) is 0 Å². The fraction of sp³-hybridized carbons (Fsp3) is 0.923. The Morgan fingerprint density at radius 2 is 2.00 bits per heavy atom. The minimum absolute atomic E-state index is 0.138. The van der Waals surface area contributed by atoms with E-state index in [4.69, 9.17) is 4.74 Å². The van der Waals surface area contributed by atoms with Gasteiger partial charge < -0.3 is 15.4 Å². The van der Waals surface area contributed by atoms with Crippen LogP contribution in [-0.4, -0.2) is 44.4 Å². The molecule has 0 spiro atoms. The molecule has 20 heavy (non-hydrogen) atoms. The molecule has 0 radical (unpaired) electrons. The van der Waals surface area contributed by atoms with Gasteiger partial charge >= 0.3 is 6.18 Å². The molecule has 7 heteroatoms. The quantitative estimate of drug-likeness (QED) is 0.736. The summed E-state index contributed by atoms with van der Waals surface area (Å²) in [5.74, 6) is -1.65. The number of nitrogens with one attached hydrogen (secondary N) is 2. The third kappa shape index (κ3) is 5.28. The van der Waals surface area contributed by atoms with Gasteiger partial charge in [0.2, 0.25) is 5.91 Å². The molecule has 1 aliphatic carbocycles. The minimum Gasteiger partial charge on any atom is -0.383 e. The topological polar surface area (TPSA) is 50.4 Å². The van der Waals surface area contributed by atoms with Crippen LogP contribution in [0.3, 0.4) is 0 Å². The molecule has 3 unspecified atom stereocenters. The van der Waals surface area contributed by atoms with E-state index in [1.165, 1.54) is 7.11 Å². The lowest BCUT2D eigenvalue weighted by molar-refractivity contribution is -0.189. The molecule has 0 heterocycles. The number of hydrogen-bond donors (Lipinski definition) is 2. The van der Waals surface area contributed by atoms with Crippen molar-refractivity contribution in [1.82, 2.24) is 10.6 Å². The van der Waals surface area contributed by atoms with Gasteiger partial charge in [0.25, 0.3) is 0 Å². The minimum atomic E-state index is -4.20. The van der Waals surface area contributed by atoms with E-state index in [-0.39, 0.29) is 12.3 Å². The molecule has 0 aliphatic heterocycles. The van der Waals surface area contributed by atoms with Gasteiger partial charge in [0.15, 0.2) is 0 Å². The Morgan fingerprint density at radius 3 is 2.60 bits per heavy atom. The third-order valence-electron chi connectivity index (χ3n) is 3.65. The summed E-state index contributed by atoms with van der Waals surface area (Å²) in [6, 6.07) is -1.31. The number of halogens is 3. The lowest BCUT2D eigenvalue weighted by Crippen LogP contribution is -2.53. The summed E-state index contributed by atoms with van der Waals surface area (Å²) in [5, 5.41) is 5.45. The molecule has 2 N–H and O–H groups in total. The summed E-state index contributed by atoms with van der Waals surface area (Å²) in [5.41, 5.74) is 0. The molecule has 1 fully saturated rings. The van der Waals surface area contributed by atoms with Gasteiger partial charge in [0.05, 0.1) is 18.6 Å². The van der Waals surface area contributed by atoms with Gasteiger partial charge in [-0.3, -0.25) is 4.79 Å². The molecule has 4 nitrogen and oxygen atoms in total. The second kappa shape index (κ2) is 7.83. The average Bonchev–Trinajstić information content (AvgIpc) is 2.38. The van der Waals surface area contributed by atoms with Gasteiger partial charge in [-0.2, -0.15) is 13.2 Å². The molecule has 0 aromatic heterocycles. The van der Waals surface area contributed by atoms with E-state index in [0.29, 0.717) is 26.0 Å². The molecule has 1 rings (SSSR count). The standard InChI is InChI=1S/C13H23F3N2O2/c1-9(12(19)17-7-8-20-2)18-11-6-4-3-5-10(11)13(14,15)16/h9-11,18H,3-8H2,1-2H3,(H,17,19). The van der Waals surface area contributed by atoms with E-state index >= 15 is 0 Å². The van der Waals surface area contributed by atoms with Crippen molar-refractivity contribution < 1.29 is 22.7 Å². The summed E-state index contributed by atoms with van der Waals surface area (Å²) >= 11 is 0. The molecule has 1 amide bonds. The smallest absolute Gasteiger partial charge is 0.383 e. The Hall–Kier alpha value is -0.820. The van der Waals surface area contributed by atoms with Crippen LogP contribution in [0.25, 0.3) is 0 Å². The summed E-state index contributed by atoms with van der Waals surface area (Å²) in [6.07, 6.45) is -2.25. The van der Waals surface area contributed by atoms with E-state index in [2.05, 4.69) is 10.6 Å². The number of rotatable bonds is 6. The lowest BCUT2D eigenvalue weighted by atomic mass is 9.83. The Labute approximate surface area is 117 Å². The third-order valence-corrected chi connectivity index (χ3v) is 3.65. The molecule has 0 aromatic carbocycles. The molecule has 3 atom stereocenters. The first-order valence-electron chi connectivity index (χ1n) is 6.95. The molecular weight excluding hydrogens is 273 g/mol. The van der Waals surface area contributed by atoms with Crippen molar-refractivity contribution in [1.29, 1.82) is 0 Å². The molecule has 118 valence electrons. The number of methoxy groups -OCH3 is 1. The Balaban J connectivity index is 2.49.